The molecule has 0 spiro atoms. The highest BCUT2D eigenvalue weighted by Crippen LogP contribution is 2.09. The van der Waals surface area contributed by atoms with E-state index in [0.717, 1.165) is 12.2 Å². The van der Waals surface area contributed by atoms with E-state index in [4.69, 9.17) is 10.5 Å². The highest BCUT2D eigenvalue weighted by atomic mass is 16.5. The Labute approximate surface area is 95.6 Å². The Morgan fingerprint density at radius 3 is 2.94 bits per heavy atom. The molecule has 1 aromatic rings. The molecule has 0 aliphatic carbocycles. The van der Waals surface area contributed by atoms with Crippen LogP contribution in [0.1, 0.15) is 19.5 Å². The van der Waals surface area contributed by atoms with E-state index < -0.39 is 0 Å². The van der Waals surface area contributed by atoms with Crippen molar-refractivity contribution in [2.45, 2.75) is 26.8 Å². The molecule has 1 aromatic heterocycles. The van der Waals surface area contributed by atoms with Gasteiger partial charge >= 0.3 is 5.97 Å². The van der Waals surface area contributed by atoms with Crippen LogP contribution in [0.2, 0.25) is 0 Å². The highest BCUT2D eigenvalue weighted by molar-refractivity contribution is 5.73. The highest BCUT2D eigenvalue weighted by Gasteiger charge is 2.19. The quantitative estimate of drug-likeness (QED) is 0.719. The van der Waals surface area contributed by atoms with Crippen LogP contribution in [0.4, 0.5) is 0 Å². The minimum absolute atomic E-state index is 0.228. The fourth-order valence-electron chi connectivity index (χ4n) is 1.58. The lowest BCUT2D eigenvalue weighted by molar-refractivity contribution is -0.147. The lowest BCUT2D eigenvalue weighted by Crippen LogP contribution is -2.28. The third-order valence-electron chi connectivity index (χ3n) is 2.50. The van der Waals surface area contributed by atoms with Gasteiger partial charge in [-0.05, 0) is 13.8 Å². The van der Waals surface area contributed by atoms with Crippen molar-refractivity contribution in [3.8, 4) is 0 Å². The van der Waals surface area contributed by atoms with Gasteiger partial charge in [0.2, 0.25) is 0 Å². The van der Waals surface area contributed by atoms with Crippen molar-refractivity contribution < 1.29 is 9.53 Å². The minimum Gasteiger partial charge on any atom is -0.466 e. The number of carbonyl (C=O) groups excluding carboxylic acids is 1. The van der Waals surface area contributed by atoms with Crippen molar-refractivity contribution in [3.05, 3.63) is 18.2 Å². The lowest BCUT2D eigenvalue weighted by atomic mass is 10.0. The van der Waals surface area contributed by atoms with E-state index in [-0.39, 0.29) is 11.9 Å². The SMILES string of the molecule is CCOC(=O)C(CN)Cc1cncn1CC. The Bertz CT molecular complexity index is 336. The molecule has 5 nitrogen and oxygen atoms in total. The number of aryl methyl sites for hydroxylation is 1. The number of hydrogen-bond acceptors (Lipinski definition) is 4. The van der Waals surface area contributed by atoms with Gasteiger partial charge in [0, 0.05) is 31.4 Å². The molecule has 16 heavy (non-hydrogen) atoms. The van der Waals surface area contributed by atoms with Crippen LogP contribution in [0.5, 0.6) is 0 Å². The van der Waals surface area contributed by atoms with Crippen molar-refractivity contribution in [1.29, 1.82) is 0 Å². The van der Waals surface area contributed by atoms with Crippen LogP contribution in [0.15, 0.2) is 12.5 Å². The summed E-state index contributed by atoms with van der Waals surface area (Å²) < 4.78 is 6.97. The molecule has 0 amide bonds. The van der Waals surface area contributed by atoms with Gasteiger partial charge in [0.15, 0.2) is 0 Å². The van der Waals surface area contributed by atoms with E-state index in [1.807, 2.05) is 11.5 Å². The maximum atomic E-state index is 11.6. The summed E-state index contributed by atoms with van der Waals surface area (Å²) in [5, 5.41) is 0. The summed E-state index contributed by atoms with van der Waals surface area (Å²) in [5.74, 6) is -0.504. The van der Waals surface area contributed by atoms with Crippen LogP contribution in [0.25, 0.3) is 0 Å². The Morgan fingerprint density at radius 2 is 2.38 bits per heavy atom. The molecule has 1 rings (SSSR count). The number of nitrogens with two attached hydrogens (primary N) is 1. The first-order chi connectivity index (χ1) is 7.72. The molecule has 1 unspecified atom stereocenters. The van der Waals surface area contributed by atoms with Gasteiger partial charge in [-0.1, -0.05) is 0 Å². The Balaban J connectivity index is 2.66. The fourth-order valence-corrected chi connectivity index (χ4v) is 1.58. The van der Waals surface area contributed by atoms with Crippen LogP contribution in [0.3, 0.4) is 0 Å². The van der Waals surface area contributed by atoms with Crippen LogP contribution >= 0.6 is 0 Å². The van der Waals surface area contributed by atoms with Gasteiger partial charge in [0.25, 0.3) is 0 Å². The van der Waals surface area contributed by atoms with Crippen molar-refractivity contribution in [2.24, 2.45) is 11.7 Å². The Morgan fingerprint density at radius 1 is 1.62 bits per heavy atom. The van der Waals surface area contributed by atoms with Crippen molar-refractivity contribution in [2.75, 3.05) is 13.2 Å². The first-order valence-corrected chi connectivity index (χ1v) is 5.58. The summed E-state index contributed by atoms with van der Waals surface area (Å²) in [6, 6.07) is 0. The fraction of sp³-hybridized carbons (Fsp3) is 0.636. The number of hydrogen-bond donors (Lipinski definition) is 1. The Hall–Kier alpha value is -1.36. The molecule has 0 saturated heterocycles. The summed E-state index contributed by atoms with van der Waals surface area (Å²) in [6.07, 6.45) is 4.11. The molecular formula is C11H19N3O2. The van der Waals surface area contributed by atoms with Gasteiger partial charge in [-0.2, -0.15) is 0 Å². The number of aromatic nitrogens is 2. The third kappa shape index (κ3) is 3.06. The number of nitrogens with zero attached hydrogens (tertiary/aromatic N) is 2. The zero-order chi connectivity index (χ0) is 12.0. The van der Waals surface area contributed by atoms with Crippen LogP contribution in [-0.2, 0) is 22.5 Å². The molecule has 2 N–H and O–H groups in total. The van der Waals surface area contributed by atoms with Crippen LogP contribution < -0.4 is 5.73 Å². The summed E-state index contributed by atoms with van der Waals surface area (Å²) >= 11 is 0. The predicted molar refractivity (Wildman–Crippen MR) is 60.8 cm³/mol. The second kappa shape index (κ2) is 6.27. The van der Waals surface area contributed by atoms with Crippen molar-refractivity contribution in [3.63, 3.8) is 0 Å². The smallest absolute Gasteiger partial charge is 0.310 e. The minimum atomic E-state index is -0.276. The van der Waals surface area contributed by atoms with E-state index in [2.05, 4.69) is 4.98 Å². The summed E-state index contributed by atoms with van der Waals surface area (Å²) in [7, 11) is 0. The van der Waals surface area contributed by atoms with Gasteiger partial charge in [0.05, 0.1) is 18.9 Å². The number of rotatable bonds is 6. The first kappa shape index (κ1) is 12.7. The average molecular weight is 225 g/mol. The second-order valence-electron chi connectivity index (χ2n) is 3.56. The maximum absolute atomic E-state index is 11.6. The molecule has 0 aromatic carbocycles. The van der Waals surface area contributed by atoms with Crippen LogP contribution in [-0.4, -0.2) is 28.7 Å². The van der Waals surface area contributed by atoms with Gasteiger partial charge in [-0.15, -0.1) is 0 Å². The molecule has 0 aliphatic heterocycles. The lowest BCUT2D eigenvalue weighted by Gasteiger charge is -2.14. The topological polar surface area (TPSA) is 70.1 Å². The molecule has 0 saturated carbocycles. The number of ether oxygens (including phenoxy) is 1. The van der Waals surface area contributed by atoms with E-state index in [0.29, 0.717) is 19.6 Å². The maximum Gasteiger partial charge on any atom is 0.310 e. The third-order valence-corrected chi connectivity index (χ3v) is 2.50. The molecule has 1 atom stereocenters. The molecule has 90 valence electrons. The van der Waals surface area contributed by atoms with Gasteiger partial charge < -0.3 is 15.0 Å². The zero-order valence-corrected chi connectivity index (χ0v) is 9.85. The molecule has 1 heterocycles. The van der Waals surface area contributed by atoms with E-state index in [9.17, 15) is 4.79 Å². The average Bonchev–Trinajstić information content (AvgIpc) is 2.73. The first-order valence-electron chi connectivity index (χ1n) is 5.58. The normalized spacial score (nSPS) is 12.4. The van der Waals surface area contributed by atoms with Gasteiger partial charge in [-0.3, -0.25) is 4.79 Å². The van der Waals surface area contributed by atoms with Crippen LogP contribution in [0, 0.1) is 5.92 Å². The largest absolute Gasteiger partial charge is 0.466 e. The summed E-state index contributed by atoms with van der Waals surface area (Å²) in [4.78, 5) is 15.6. The van der Waals surface area contributed by atoms with Gasteiger partial charge in [-0.25, -0.2) is 4.98 Å². The van der Waals surface area contributed by atoms with Crippen molar-refractivity contribution in [1.82, 2.24) is 9.55 Å². The molecule has 0 fully saturated rings. The molecule has 0 bridgehead atoms. The monoisotopic (exact) mass is 225 g/mol. The molecular weight excluding hydrogens is 206 g/mol. The molecule has 0 radical (unpaired) electrons. The predicted octanol–water partition coefficient (Wildman–Crippen LogP) is 0.583. The Kier molecular flexibility index (Phi) is 4.98. The molecule has 5 heteroatoms. The summed E-state index contributed by atoms with van der Waals surface area (Å²) in [6.45, 7) is 5.36. The molecule has 0 aliphatic rings. The number of esters is 1. The standard InChI is InChI=1S/C11H19N3O2/c1-3-14-8-13-7-10(14)5-9(6-12)11(15)16-4-2/h7-9H,3-6,12H2,1-2H3. The van der Waals surface area contributed by atoms with Crippen molar-refractivity contribution >= 4 is 5.97 Å². The number of carbonyl (C=O) groups is 1. The zero-order valence-electron chi connectivity index (χ0n) is 9.85. The van der Waals surface area contributed by atoms with E-state index in [1.54, 1.807) is 19.4 Å². The number of imidazole rings is 1. The van der Waals surface area contributed by atoms with E-state index >= 15 is 0 Å². The summed E-state index contributed by atoms with van der Waals surface area (Å²) in [5.41, 5.74) is 6.60. The second-order valence-corrected chi connectivity index (χ2v) is 3.56. The van der Waals surface area contributed by atoms with Gasteiger partial charge in [0.1, 0.15) is 0 Å². The van der Waals surface area contributed by atoms with E-state index in [1.165, 1.54) is 0 Å².